The Labute approximate surface area is 219 Å². The molecule has 38 heavy (non-hydrogen) atoms. The molecule has 0 saturated carbocycles. The number of hydrogen-bond acceptors (Lipinski definition) is 10. The van der Waals surface area contributed by atoms with Crippen molar-refractivity contribution in [1.82, 2.24) is 0 Å². The zero-order chi connectivity index (χ0) is 28.0. The Morgan fingerprint density at radius 2 is 1.63 bits per heavy atom. The summed E-state index contributed by atoms with van der Waals surface area (Å²) in [5, 5.41) is 15.7. The molecule has 0 aliphatic rings. The van der Waals surface area contributed by atoms with Crippen molar-refractivity contribution in [1.29, 1.82) is 0 Å². The van der Waals surface area contributed by atoms with Gasteiger partial charge in [0, 0.05) is 18.6 Å². The lowest BCUT2D eigenvalue weighted by molar-refractivity contribution is -0.384. The summed E-state index contributed by atoms with van der Waals surface area (Å²) < 4.78 is 43.9. The van der Waals surface area contributed by atoms with E-state index >= 15 is 0 Å². The van der Waals surface area contributed by atoms with E-state index in [0.29, 0.717) is 16.8 Å². The summed E-state index contributed by atoms with van der Waals surface area (Å²) in [6.07, 6.45) is 1.33. The summed E-state index contributed by atoms with van der Waals surface area (Å²) in [4.78, 5) is 22.1. The maximum Gasteiger partial charge on any atom is 0.308 e. The molecule has 3 aromatic carbocycles. The number of aryl methyl sites for hydroxylation is 2. The third-order valence-electron chi connectivity index (χ3n) is 5.23. The van der Waals surface area contributed by atoms with Gasteiger partial charge in [0.1, 0.15) is 5.69 Å². The molecule has 13 heteroatoms. The van der Waals surface area contributed by atoms with Gasteiger partial charge in [-0.3, -0.25) is 25.1 Å². The number of ether oxygens (including phenoxy) is 3. The normalized spacial score (nSPS) is 11.2. The number of nitrogens with one attached hydrogen (secondary N) is 2. The van der Waals surface area contributed by atoms with Gasteiger partial charge < -0.3 is 14.2 Å². The molecule has 12 nitrogen and oxygen atoms in total. The highest BCUT2D eigenvalue weighted by Gasteiger charge is 2.22. The number of rotatable bonds is 10. The van der Waals surface area contributed by atoms with Crippen molar-refractivity contribution < 1.29 is 32.3 Å². The fraction of sp³-hybridized carbons (Fsp3) is 0.200. The number of carbonyl (C=O) groups is 1. The van der Waals surface area contributed by atoms with Crippen LogP contribution in [0.3, 0.4) is 0 Å². The Hall–Kier alpha value is -4.65. The van der Waals surface area contributed by atoms with Gasteiger partial charge in [0.2, 0.25) is 5.75 Å². The number of sulfonamides is 1. The van der Waals surface area contributed by atoms with Gasteiger partial charge in [-0.15, -0.1) is 0 Å². The molecule has 3 aromatic rings. The second-order valence-electron chi connectivity index (χ2n) is 8.08. The number of hydrazone groups is 1. The Morgan fingerprint density at radius 3 is 2.18 bits per heavy atom. The van der Waals surface area contributed by atoms with Crippen LogP contribution in [0.5, 0.6) is 17.2 Å². The van der Waals surface area contributed by atoms with Crippen LogP contribution < -0.4 is 24.4 Å². The molecule has 0 aliphatic carbocycles. The lowest BCUT2D eigenvalue weighted by Crippen LogP contribution is -2.14. The van der Waals surface area contributed by atoms with E-state index in [4.69, 9.17) is 14.2 Å². The molecular weight excluding hydrogens is 516 g/mol. The first-order chi connectivity index (χ1) is 17.9. The number of hydrogen-bond donors (Lipinski definition) is 2. The number of nitro groups is 1. The Balaban J connectivity index is 1.87. The van der Waals surface area contributed by atoms with Gasteiger partial charge in [-0.2, -0.15) is 5.10 Å². The minimum atomic E-state index is -4.10. The first-order valence-electron chi connectivity index (χ1n) is 11.1. The number of methoxy groups -OCH3 is 2. The van der Waals surface area contributed by atoms with Gasteiger partial charge in [0.15, 0.2) is 11.5 Å². The molecule has 0 heterocycles. The number of anilines is 2. The third-order valence-corrected chi connectivity index (χ3v) is 6.59. The molecule has 0 atom stereocenters. The highest BCUT2D eigenvalue weighted by molar-refractivity contribution is 7.92. The zero-order valence-corrected chi connectivity index (χ0v) is 22.1. The van der Waals surface area contributed by atoms with E-state index in [9.17, 15) is 23.3 Å². The fourth-order valence-corrected chi connectivity index (χ4v) is 4.60. The monoisotopic (exact) mass is 542 g/mol. The van der Waals surface area contributed by atoms with Crippen molar-refractivity contribution >= 4 is 39.3 Å². The maximum atomic E-state index is 12.9. The average molecular weight is 543 g/mol. The van der Waals surface area contributed by atoms with Crippen LogP contribution in [0.15, 0.2) is 58.5 Å². The molecule has 0 amide bonds. The van der Waals surface area contributed by atoms with Crippen molar-refractivity contribution in [3.63, 3.8) is 0 Å². The van der Waals surface area contributed by atoms with Crippen LogP contribution in [-0.2, 0) is 14.8 Å². The molecule has 200 valence electrons. The Morgan fingerprint density at radius 1 is 1.00 bits per heavy atom. The Kier molecular flexibility index (Phi) is 8.53. The Bertz CT molecular complexity index is 1490. The lowest BCUT2D eigenvalue weighted by atomic mass is 10.1. The van der Waals surface area contributed by atoms with Crippen molar-refractivity contribution in [2.24, 2.45) is 5.10 Å². The van der Waals surface area contributed by atoms with Gasteiger partial charge in [-0.25, -0.2) is 8.42 Å². The molecule has 0 saturated heterocycles. The highest BCUT2D eigenvalue weighted by Crippen LogP contribution is 2.38. The number of esters is 1. The van der Waals surface area contributed by atoms with Crippen molar-refractivity contribution in [3.05, 3.63) is 75.3 Å². The van der Waals surface area contributed by atoms with Crippen LogP contribution in [0.2, 0.25) is 0 Å². The molecule has 0 radical (unpaired) electrons. The molecule has 0 aromatic heterocycles. The number of benzene rings is 3. The highest BCUT2D eigenvalue weighted by atomic mass is 32.2. The van der Waals surface area contributed by atoms with E-state index in [1.54, 1.807) is 19.1 Å². The number of nitro benzene ring substituents is 1. The van der Waals surface area contributed by atoms with Crippen LogP contribution in [0.1, 0.15) is 23.6 Å². The van der Waals surface area contributed by atoms with Crippen LogP contribution >= 0.6 is 0 Å². The predicted octanol–water partition coefficient (Wildman–Crippen LogP) is 4.40. The van der Waals surface area contributed by atoms with Crippen LogP contribution in [-0.4, -0.2) is 39.7 Å². The second-order valence-corrected chi connectivity index (χ2v) is 9.76. The van der Waals surface area contributed by atoms with Crippen molar-refractivity contribution in [2.45, 2.75) is 25.7 Å². The van der Waals surface area contributed by atoms with E-state index in [2.05, 4.69) is 15.2 Å². The smallest absolute Gasteiger partial charge is 0.308 e. The fourth-order valence-electron chi connectivity index (χ4n) is 3.45. The van der Waals surface area contributed by atoms with Gasteiger partial charge in [-0.05, 0) is 49.7 Å². The van der Waals surface area contributed by atoms with Crippen LogP contribution in [0.25, 0.3) is 0 Å². The summed E-state index contributed by atoms with van der Waals surface area (Å²) in [6, 6.07) is 11.7. The van der Waals surface area contributed by atoms with Gasteiger partial charge in [-0.1, -0.05) is 17.7 Å². The molecule has 0 aliphatic heterocycles. The molecule has 0 fully saturated rings. The van der Waals surface area contributed by atoms with Gasteiger partial charge in [0.05, 0.1) is 35.9 Å². The van der Waals surface area contributed by atoms with Crippen molar-refractivity contribution in [2.75, 3.05) is 24.4 Å². The predicted molar refractivity (Wildman–Crippen MR) is 142 cm³/mol. The third kappa shape index (κ3) is 6.56. The largest absolute Gasteiger partial charge is 0.493 e. The summed E-state index contributed by atoms with van der Waals surface area (Å²) in [7, 11) is -1.33. The minimum absolute atomic E-state index is 0.0350. The maximum absolute atomic E-state index is 12.9. The van der Waals surface area contributed by atoms with Crippen LogP contribution in [0, 0.1) is 24.0 Å². The molecule has 0 spiro atoms. The van der Waals surface area contributed by atoms with Gasteiger partial charge in [0.25, 0.3) is 15.7 Å². The molecular formula is C25H26N4O8S. The van der Waals surface area contributed by atoms with Gasteiger partial charge >= 0.3 is 5.97 Å². The first-order valence-corrected chi connectivity index (χ1v) is 12.6. The van der Waals surface area contributed by atoms with E-state index in [1.807, 2.05) is 13.0 Å². The van der Waals surface area contributed by atoms with Crippen LogP contribution in [0.4, 0.5) is 17.1 Å². The molecule has 3 rings (SSSR count). The molecule has 0 unspecified atom stereocenters. The van der Waals surface area contributed by atoms with E-state index in [0.717, 1.165) is 11.6 Å². The number of carbonyl (C=O) groups excluding carboxylic acids is 1. The zero-order valence-electron chi connectivity index (χ0n) is 21.3. The topological polar surface area (TPSA) is 158 Å². The lowest BCUT2D eigenvalue weighted by Gasteiger charge is -2.13. The SMILES string of the molecule is COc1cc(C=NNc2ccc(S(=O)(=O)Nc3ccc(C)cc3C)cc2[N+](=O)[O-])cc(OC)c1OC(C)=O. The molecule has 0 bridgehead atoms. The quantitative estimate of drug-likeness (QED) is 0.124. The summed E-state index contributed by atoms with van der Waals surface area (Å²) in [5.41, 5.74) is 4.54. The molecule has 2 N–H and O–H groups in total. The van der Waals surface area contributed by atoms with E-state index in [-0.39, 0.29) is 27.8 Å². The summed E-state index contributed by atoms with van der Waals surface area (Å²) in [6.45, 7) is 4.88. The first kappa shape index (κ1) is 27.9. The minimum Gasteiger partial charge on any atom is -0.493 e. The van der Waals surface area contributed by atoms with E-state index in [1.165, 1.54) is 51.6 Å². The second kappa shape index (κ2) is 11.6. The average Bonchev–Trinajstić information content (AvgIpc) is 2.85. The van der Waals surface area contributed by atoms with Crippen molar-refractivity contribution in [3.8, 4) is 17.2 Å². The number of nitrogens with zero attached hydrogens (tertiary/aromatic N) is 2. The standard InChI is InChI=1S/C25H26N4O8S/c1-15-6-8-20(16(2)10-15)28-38(33,34)19-7-9-21(22(13-19)29(31)32)27-26-14-18-11-23(35-4)25(37-17(3)30)24(12-18)36-5/h6-14,27-28H,1-5H3. The van der Waals surface area contributed by atoms with E-state index < -0.39 is 26.6 Å². The summed E-state index contributed by atoms with van der Waals surface area (Å²) >= 11 is 0. The summed E-state index contributed by atoms with van der Waals surface area (Å²) in [5.74, 6) is -0.0585.